The van der Waals surface area contributed by atoms with Crippen LogP contribution >= 0.6 is 0 Å². The molecule has 0 aliphatic heterocycles. The number of carboxylic acids is 1. The molecular weight excluding hydrogens is 249 g/mol. The molecule has 2 N–H and O–H groups in total. The second-order valence-electron chi connectivity index (χ2n) is 3.64. The number of carbonyl (C=O) groups is 3. The summed E-state index contributed by atoms with van der Waals surface area (Å²) in [6.07, 6.45) is 6.55. The topological polar surface area (TPSA) is 83.5 Å². The van der Waals surface area contributed by atoms with Gasteiger partial charge in [0.05, 0.1) is 0 Å². The Morgan fingerprint density at radius 2 is 1.71 bits per heavy atom. The maximum Gasteiger partial charge on any atom is 1.00 e. The zero-order valence-corrected chi connectivity index (χ0v) is 13.5. The molecule has 0 aliphatic rings. The maximum atomic E-state index is 11.1. The molecule has 0 aromatic rings. The number of carboxylic acid groups (broad SMARTS) is 1. The van der Waals surface area contributed by atoms with E-state index in [9.17, 15) is 14.4 Å². The van der Waals surface area contributed by atoms with Crippen molar-refractivity contribution >= 4 is 18.2 Å². The van der Waals surface area contributed by atoms with Gasteiger partial charge >= 0.3 is 57.4 Å². The Morgan fingerprint density at radius 3 is 2.29 bits per heavy atom. The first-order chi connectivity index (χ1) is 7.66. The zero-order valence-electron chi connectivity index (χ0n) is 11.4. The molecule has 1 amide bonds. The third kappa shape index (κ3) is 16.2. The van der Waals surface area contributed by atoms with Gasteiger partial charge in [-0.2, -0.15) is 0 Å². The number of aliphatic carboxylic acids is 1. The van der Waals surface area contributed by atoms with Crippen LogP contribution in [0.25, 0.3) is 0 Å². The number of carbonyl (C=O) groups excluding carboxylic acids is 2. The Morgan fingerprint density at radius 1 is 1.12 bits per heavy atom. The van der Waals surface area contributed by atoms with Crippen molar-refractivity contribution in [3.8, 4) is 0 Å². The van der Waals surface area contributed by atoms with Crippen LogP contribution in [0.5, 0.6) is 0 Å². The standard InChI is InChI=1S/C11H19NO4.K.H/c13-8-6-4-2-1-3-5-7-10(14)12-9-11(15)16;;/h8H,1-7,9H2,(H,12,14)(H,15,16);;/q;+1;-1. The van der Waals surface area contributed by atoms with Crippen LogP contribution in [-0.4, -0.2) is 29.8 Å². The van der Waals surface area contributed by atoms with Gasteiger partial charge in [0.1, 0.15) is 12.8 Å². The predicted molar refractivity (Wildman–Crippen MR) is 60.1 cm³/mol. The second-order valence-corrected chi connectivity index (χ2v) is 3.64. The Hall–Kier alpha value is 0.246. The number of amides is 1. The van der Waals surface area contributed by atoms with E-state index >= 15 is 0 Å². The van der Waals surface area contributed by atoms with E-state index in [2.05, 4.69) is 5.32 Å². The fourth-order valence-corrected chi connectivity index (χ4v) is 1.31. The summed E-state index contributed by atoms with van der Waals surface area (Å²) in [4.78, 5) is 31.2. The quantitative estimate of drug-likeness (QED) is 0.279. The van der Waals surface area contributed by atoms with Crippen LogP contribution in [-0.2, 0) is 14.4 Å². The van der Waals surface area contributed by atoms with E-state index in [1.54, 1.807) is 0 Å². The van der Waals surface area contributed by atoms with E-state index in [-0.39, 0.29) is 65.3 Å². The van der Waals surface area contributed by atoms with Crippen molar-refractivity contribution in [2.75, 3.05) is 6.54 Å². The van der Waals surface area contributed by atoms with Crippen molar-refractivity contribution in [3.63, 3.8) is 0 Å². The van der Waals surface area contributed by atoms with Crippen LogP contribution in [0.1, 0.15) is 46.4 Å². The van der Waals surface area contributed by atoms with E-state index in [0.29, 0.717) is 12.8 Å². The van der Waals surface area contributed by atoms with Gasteiger partial charge in [0.15, 0.2) is 0 Å². The maximum absolute atomic E-state index is 11.1. The molecule has 0 aromatic carbocycles. The van der Waals surface area contributed by atoms with Gasteiger partial charge < -0.3 is 16.6 Å². The molecule has 0 aliphatic carbocycles. The first kappa shape index (κ1) is 19.6. The molecule has 0 bridgehead atoms. The number of hydrogen-bond acceptors (Lipinski definition) is 3. The van der Waals surface area contributed by atoms with Gasteiger partial charge in [0, 0.05) is 12.8 Å². The van der Waals surface area contributed by atoms with Crippen LogP contribution in [0.3, 0.4) is 0 Å². The Labute approximate surface area is 146 Å². The molecule has 0 radical (unpaired) electrons. The first-order valence-electron chi connectivity index (χ1n) is 5.59. The summed E-state index contributed by atoms with van der Waals surface area (Å²) >= 11 is 0. The van der Waals surface area contributed by atoms with Crippen molar-refractivity contribution in [2.24, 2.45) is 0 Å². The molecule has 17 heavy (non-hydrogen) atoms. The summed E-state index contributed by atoms with van der Waals surface area (Å²) in [6, 6.07) is 0. The van der Waals surface area contributed by atoms with Gasteiger partial charge in [0.2, 0.25) is 5.91 Å². The van der Waals surface area contributed by atoms with Crippen LogP contribution < -0.4 is 56.7 Å². The monoisotopic (exact) mass is 269 g/mol. The Kier molecular flexibility index (Phi) is 16.5. The average molecular weight is 269 g/mol. The SMILES string of the molecule is O=CCCCCCCCC(=O)NCC(=O)O.[H-].[K+]. The normalized spacial score (nSPS) is 9.18. The molecule has 0 aromatic heterocycles. The second kappa shape index (κ2) is 14.3. The van der Waals surface area contributed by atoms with Crippen molar-refractivity contribution in [2.45, 2.75) is 44.9 Å². The summed E-state index contributed by atoms with van der Waals surface area (Å²) in [5.41, 5.74) is 0. The van der Waals surface area contributed by atoms with Gasteiger partial charge in [-0.25, -0.2) is 0 Å². The largest absolute Gasteiger partial charge is 1.00 e. The van der Waals surface area contributed by atoms with Gasteiger partial charge in [-0.15, -0.1) is 0 Å². The number of aldehydes is 1. The molecule has 0 saturated heterocycles. The fourth-order valence-electron chi connectivity index (χ4n) is 1.31. The van der Waals surface area contributed by atoms with E-state index in [1.807, 2.05) is 0 Å². The zero-order chi connectivity index (χ0) is 12.2. The molecule has 5 nitrogen and oxygen atoms in total. The molecule has 94 valence electrons. The molecule has 0 spiro atoms. The number of rotatable bonds is 10. The minimum atomic E-state index is -1.03. The predicted octanol–water partition coefficient (Wildman–Crippen LogP) is -1.77. The van der Waals surface area contributed by atoms with E-state index in [1.165, 1.54) is 0 Å². The van der Waals surface area contributed by atoms with Gasteiger partial charge in [-0.05, 0) is 12.8 Å². The molecule has 6 heteroatoms. The van der Waals surface area contributed by atoms with Crippen molar-refractivity contribution in [1.82, 2.24) is 5.32 Å². The fraction of sp³-hybridized carbons (Fsp3) is 0.727. The van der Waals surface area contributed by atoms with E-state index in [0.717, 1.165) is 38.4 Å². The Bertz CT molecular complexity index is 239. The number of unbranched alkanes of at least 4 members (excludes halogenated alkanes) is 5. The molecule has 0 fully saturated rings. The van der Waals surface area contributed by atoms with Gasteiger partial charge in [-0.3, -0.25) is 9.59 Å². The molecular formula is C11H20KNO4. The molecule has 0 unspecified atom stereocenters. The minimum Gasteiger partial charge on any atom is -1.00 e. The smallest absolute Gasteiger partial charge is 1.00 e. The van der Waals surface area contributed by atoms with E-state index in [4.69, 9.17) is 5.11 Å². The third-order valence-electron chi connectivity index (χ3n) is 2.16. The number of nitrogens with one attached hydrogen (secondary N) is 1. The van der Waals surface area contributed by atoms with Crippen molar-refractivity contribution < 1.29 is 72.3 Å². The summed E-state index contributed by atoms with van der Waals surface area (Å²) in [7, 11) is 0. The molecule has 0 atom stereocenters. The third-order valence-corrected chi connectivity index (χ3v) is 2.16. The van der Waals surface area contributed by atoms with Crippen LogP contribution in [0, 0.1) is 0 Å². The number of hydrogen-bond donors (Lipinski definition) is 2. The summed E-state index contributed by atoms with van der Waals surface area (Å²) in [5, 5.41) is 10.6. The molecule has 0 heterocycles. The molecule has 0 rings (SSSR count). The van der Waals surface area contributed by atoms with Crippen LogP contribution in [0.2, 0.25) is 0 Å². The van der Waals surface area contributed by atoms with Crippen LogP contribution in [0.15, 0.2) is 0 Å². The molecule has 0 saturated carbocycles. The van der Waals surface area contributed by atoms with Crippen molar-refractivity contribution in [1.29, 1.82) is 0 Å². The Balaban J connectivity index is -0.00000112. The van der Waals surface area contributed by atoms with E-state index < -0.39 is 5.97 Å². The van der Waals surface area contributed by atoms with Gasteiger partial charge in [0.25, 0.3) is 0 Å². The summed E-state index contributed by atoms with van der Waals surface area (Å²) in [5.74, 6) is -1.24. The minimum absolute atomic E-state index is 0. The van der Waals surface area contributed by atoms with Crippen LogP contribution in [0.4, 0.5) is 0 Å². The van der Waals surface area contributed by atoms with Crippen molar-refractivity contribution in [3.05, 3.63) is 0 Å². The summed E-state index contributed by atoms with van der Waals surface area (Å²) in [6.45, 7) is -0.307. The van der Waals surface area contributed by atoms with Gasteiger partial charge in [-0.1, -0.05) is 19.3 Å². The summed E-state index contributed by atoms with van der Waals surface area (Å²) < 4.78 is 0. The first-order valence-corrected chi connectivity index (χ1v) is 5.59. The average Bonchev–Trinajstić information content (AvgIpc) is 2.25.